The van der Waals surface area contributed by atoms with Crippen molar-refractivity contribution in [3.63, 3.8) is 0 Å². The van der Waals surface area contributed by atoms with E-state index < -0.39 is 15.8 Å². The molecule has 3 rings (SSSR count). The molecule has 0 atom stereocenters. The summed E-state index contributed by atoms with van der Waals surface area (Å²) in [5, 5.41) is 28.8. The number of rotatable bonds is 8. The zero-order valence-corrected chi connectivity index (χ0v) is 18.3. The van der Waals surface area contributed by atoms with Crippen molar-refractivity contribution >= 4 is 23.0 Å². The number of carbonyl (C=O) groups excluding carboxylic acids is 1. The molecule has 12 nitrogen and oxygen atoms in total. The van der Waals surface area contributed by atoms with Gasteiger partial charge in [-0.05, 0) is 43.5 Å². The van der Waals surface area contributed by atoms with Crippen LogP contribution in [0.5, 0.6) is 17.4 Å². The lowest BCUT2D eigenvalue weighted by Crippen LogP contribution is -2.19. The highest BCUT2D eigenvalue weighted by Crippen LogP contribution is 2.33. The highest BCUT2D eigenvalue weighted by molar-refractivity contribution is 5.91. The second kappa shape index (κ2) is 9.34. The third-order valence-electron chi connectivity index (χ3n) is 4.78. The van der Waals surface area contributed by atoms with Crippen LogP contribution in [0.3, 0.4) is 0 Å². The van der Waals surface area contributed by atoms with E-state index in [1.807, 2.05) is 32.9 Å². The minimum absolute atomic E-state index is 0.125. The van der Waals surface area contributed by atoms with Crippen molar-refractivity contribution in [2.24, 2.45) is 0 Å². The third-order valence-corrected chi connectivity index (χ3v) is 4.78. The first kappa shape index (κ1) is 23.2. The number of non-ortho nitro benzene ring substituents is 1. The van der Waals surface area contributed by atoms with Crippen LogP contribution in [0.15, 0.2) is 36.5 Å². The maximum atomic E-state index is 12.5. The van der Waals surface area contributed by atoms with Crippen LogP contribution in [-0.4, -0.2) is 32.6 Å². The summed E-state index contributed by atoms with van der Waals surface area (Å²) in [7, 11) is 1.22. The molecule has 3 aromatic rings. The predicted molar refractivity (Wildman–Crippen MR) is 118 cm³/mol. The van der Waals surface area contributed by atoms with Crippen LogP contribution in [0.1, 0.15) is 16.7 Å². The maximum Gasteiger partial charge on any atom is 0.350 e. The van der Waals surface area contributed by atoms with Crippen LogP contribution in [0, 0.1) is 41.0 Å². The number of benzene rings is 2. The minimum atomic E-state index is -0.681. The number of aromatic nitrogens is 2. The number of aryl methyl sites for hydroxylation is 2. The van der Waals surface area contributed by atoms with E-state index in [2.05, 4.69) is 10.4 Å². The van der Waals surface area contributed by atoms with Crippen LogP contribution >= 0.6 is 0 Å². The molecular weight excluding hydrogens is 434 g/mol. The summed E-state index contributed by atoms with van der Waals surface area (Å²) in [5.41, 5.74) is 2.32. The highest BCUT2D eigenvalue weighted by atomic mass is 16.6. The zero-order chi connectivity index (χ0) is 24.3. The second-order valence-electron chi connectivity index (χ2n) is 7.31. The number of methoxy groups -OCH3 is 1. The molecule has 0 radical (unpaired) electrons. The van der Waals surface area contributed by atoms with Gasteiger partial charge in [-0.1, -0.05) is 6.07 Å². The fourth-order valence-corrected chi connectivity index (χ4v) is 3.15. The van der Waals surface area contributed by atoms with Crippen molar-refractivity contribution in [3.8, 4) is 17.4 Å². The number of anilines is 1. The molecular formula is C21H21N5O7. The molecule has 1 aromatic heterocycles. The average Bonchev–Trinajstić information content (AvgIpc) is 3.14. The minimum Gasteiger partial charge on any atom is -0.475 e. The lowest BCUT2D eigenvalue weighted by molar-refractivity contribution is -0.385. The molecule has 1 amide bonds. The van der Waals surface area contributed by atoms with Crippen LogP contribution in [0.2, 0.25) is 0 Å². The van der Waals surface area contributed by atoms with E-state index in [-0.39, 0.29) is 35.2 Å². The van der Waals surface area contributed by atoms with Crippen molar-refractivity contribution < 1.29 is 24.1 Å². The van der Waals surface area contributed by atoms with Gasteiger partial charge in [0.15, 0.2) is 0 Å². The second-order valence-corrected chi connectivity index (χ2v) is 7.31. The zero-order valence-electron chi connectivity index (χ0n) is 18.3. The molecule has 172 valence electrons. The first-order chi connectivity index (χ1) is 15.6. The summed E-state index contributed by atoms with van der Waals surface area (Å²) < 4.78 is 11.8. The Hall–Kier alpha value is -4.48. The number of hydrogen-bond donors (Lipinski definition) is 1. The van der Waals surface area contributed by atoms with E-state index in [9.17, 15) is 25.0 Å². The Morgan fingerprint density at radius 3 is 2.42 bits per heavy atom. The molecule has 0 saturated carbocycles. The van der Waals surface area contributed by atoms with Gasteiger partial charge in [0, 0.05) is 12.1 Å². The van der Waals surface area contributed by atoms with E-state index in [1.165, 1.54) is 25.3 Å². The molecule has 0 unspecified atom stereocenters. The summed E-state index contributed by atoms with van der Waals surface area (Å²) >= 11 is 0. The van der Waals surface area contributed by atoms with Gasteiger partial charge in [0.05, 0.1) is 28.7 Å². The summed E-state index contributed by atoms with van der Waals surface area (Å²) in [6.07, 6.45) is 1.06. The molecule has 0 aliphatic carbocycles. The quantitative estimate of drug-likeness (QED) is 0.394. The molecule has 0 saturated heterocycles. The Morgan fingerprint density at radius 1 is 1.09 bits per heavy atom. The van der Waals surface area contributed by atoms with E-state index in [4.69, 9.17) is 9.47 Å². The summed E-state index contributed by atoms with van der Waals surface area (Å²) in [6, 6.07) is 7.71. The number of amides is 1. The van der Waals surface area contributed by atoms with E-state index in [0.717, 1.165) is 27.6 Å². The number of carbonyl (C=O) groups is 1. The van der Waals surface area contributed by atoms with Gasteiger partial charge in [-0.25, -0.2) is 0 Å². The molecule has 0 fully saturated rings. The monoisotopic (exact) mass is 455 g/mol. The number of hydrogen-bond acceptors (Lipinski definition) is 8. The Morgan fingerprint density at radius 2 is 1.82 bits per heavy atom. The number of nitrogens with one attached hydrogen (secondary N) is 1. The number of nitro benzene ring substituents is 1. The van der Waals surface area contributed by atoms with Gasteiger partial charge in [-0.2, -0.15) is 0 Å². The van der Waals surface area contributed by atoms with Crippen LogP contribution in [-0.2, 0) is 11.3 Å². The topological polar surface area (TPSA) is 152 Å². The molecule has 0 bridgehead atoms. The molecule has 0 spiro atoms. The van der Waals surface area contributed by atoms with Gasteiger partial charge < -0.3 is 14.8 Å². The van der Waals surface area contributed by atoms with Gasteiger partial charge >= 0.3 is 11.6 Å². The van der Waals surface area contributed by atoms with E-state index in [1.54, 1.807) is 0 Å². The normalized spacial score (nSPS) is 10.5. The maximum absolute atomic E-state index is 12.5. The largest absolute Gasteiger partial charge is 0.475 e. The van der Waals surface area contributed by atoms with Crippen molar-refractivity contribution in [1.29, 1.82) is 0 Å². The fraction of sp³-hybridized carbons (Fsp3) is 0.238. The number of nitro groups is 2. The number of nitrogens with zero attached hydrogens (tertiary/aromatic N) is 4. The predicted octanol–water partition coefficient (Wildman–Crippen LogP) is 4.06. The molecule has 1 N–H and O–H groups in total. The van der Waals surface area contributed by atoms with E-state index >= 15 is 0 Å². The Bertz CT molecular complexity index is 1250. The first-order valence-electron chi connectivity index (χ1n) is 9.68. The van der Waals surface area contributed by atoms with Crippen molar-refractivity contribution in [3.05, 3.63) is 73.4 Å². The molecule has 12 heteroatoms. The Balaban J connectivity index is 1.85. The van der Waals surface area contributed by atoms with Crippen molar-refractivity contribution in [1.82, 2.24) is 9.78 Å². The van der Waals surface area contributed by atoms with Gasteiger partial charge in [-0.15, -0.1) is 5.10 Å². The molecule has 0 aliphatic heterocycles. The standard InChI is InChI=1S/C21H21N5O7/c1-12-5-13(2)14(3)19(6-12)33-17-8-15(7-16(9-17)25(28)29)22-20(27)11-24-10-18(26(30)31)21(23-24)32-4/h5-10H,11H2,1-4H3,(H,22,27). The summed E-state index contributed by atoms with van der Waals surface area (Å²) in [4.78, 5) is 33.6. The van der Waals surface area contributed by atoms with Gasteiger partial charge in [0.1, 0.15) is 24.2 Å². The first-order valence-corrected chi connectivity index (χ1v) is 9.68. The van der Waals surface area contributed by atoms with Crippen LogP contribution in [0.4, 0.5) is 17.1 Å². The van der Waals surface area contributed by atoms with Crippen LogP contribution < -0.4 is 14.8 Å². The lowest BCUT2D eigenvalue weighted by atomic mass is 10.1. The van der Waals surface area contributed by atoms with Crippen molar-refractivity contribution in [2.75, 3.05) is 12.4 Å². The fourth-order valence-electron chi connectivity index (χ4n) is 3.15. The Kier molecular flexibility index (Phi) is 6.56. The van der Waals surface area contributed by atoms with Gasteiger partial charge in [0.25, 0.3) is 5.69 Å². The van der Waals surface area contributed by atoms with Gasteiger partial charge in [0.2, 0.25) is 5.91 Å². The summed E-state index contributed by atoms with van der Waals surface area (Å²) in [6.45, 7) is 5.34. The van der Waals surface area contributed by atoms with Crippen LogP contribution in [0.25, 0.3) is 0 Å². The molecule has 0 aliphatic rings. The van der Waals surface area contributed by atoms with Crippen molar-refractivity contribution in [2.45, 2.75) is 27.3 Å². The molecule has 2 aromatic carbocycles. The van der Waals surface area contributed by atoms with Gasteiger partial charge in [-0.3, -0.25) is 29.7 Å². The SMILES string of the molecule is COc1nn(CC(=O)Nc2cc(Oc3cc(C)cc(C)c3C)cc([N+](=O)[O-])c2)cc1[N+](=O)[O-]. The average molecular weight is 455 g/mol. The van der Waals surface area contributed by atoms with E-state index in [0.29, 0.717) is 5.75 Å². The lowest BCUT2D eigenvalue weighted by Gasteiger charge is -2.13. The highest BCUT2D eigenvalue weighted by Gasteiger charge is 2.21. The third kappa shape index (κ3) is 5.42. The smallest absolute Gasteiger partial charge is 0.350 e. The Labute approximate surface area is 188 Å². The molecule has 1 heterocycles. The summed E-state index contributed by atoms with van der Waals surface area (Å²) in [5.74, 6) is -0.128. The molecule has 33 heavy (non-hydrogen) atoms. The number of ether oxygens (including phenoxy) is 2.